The van der Waals surface area contributed by atoms with Crippen LogP contribution in [0.4, 0.5) is 5.69 Å². The SMILES string of the molecule is Cc1cccc(OCC(=O)Nc2ccccc2-c2csc(C)n2)c1. The smallest absolute Gasteiger partial charge is 0.262 e. The molecule has 4 nitrogen and oxygen atoms in total. The summed E-state index contributed by atoms with van der Waals surface area (Å²) in [6.45, 7) is 3.91. The summed E-state index contributed by atoms with van der Waals surface area (Å²) in [5.74, 6) is 0.490. The van der Waals surface area contributed by atoms with Crippen molar-refractivity contribution in [1.29, 1.82) is 0 Å². The summed E-state index contributed by atoms with van der Waals surface area (Å²) in [4.78, 5) is 16.7. The van der Waals surface area contributed by atoms with E-state index in [0.717, 1.165) is 27.5 Å². The monoisotopic (exact) mass is 338 g/mol. The molecule has 0 saturated carbocycles. The highest BCUT2D eigenvalue weighted by atomic mass is 32.1. The molecule has 0 spiro atoms. The Morgan fingerprint density at radius 1 is 1.17 bits per heavy atom. The maximum absolute atomic E-state index is 12.2. The molecule has 3 aromatic rings. The van der Waals surface area contributed by atoms with Crippen LogP contribution in [0, 0.1) is 13.8 Å². The number of amides is 1. The van der Waals surface area contributed by atoms with Gasteiger partial charge in [-0.25, -0.2) is 4.98 Å². The van der Waals surface area contributed by atoms with Crippen molar-refractivity contribution in [2.45, 2.75) is 13.8 Å². The molecule has 0 aliphatic heterocycles. The van der Waals surface area contributed by atoms with E-state index in [2.05, 4.69) is 10.3 Å². The lowest BCUT2D eigenvalue weighted by molar-refractivity contribution is -0.118. The topological polar surface area (TPSA) is 51.2 Å². The number of benzene rings is 2. The van der Waals surface area contributed by atoms with E-state index in [-0.39, 0.29) is 12.5 Å². The van der Waals surface area contributed by atoms with E-state index in [1.54, 1.807) is 11.3 Å². The van der Waals surface area contributed by atoms with Gasteiger partial charge in [0.25, 0.3) is 5.91 Å². The lowest BCUT2D eigenvalue weighted by Gasteiger charge is -2.11. The summed E-state index contributed by atoms with van der Waals surface area (Å²) in [7, 11) is 0. The minimum absolute atomic E-state index is 0.0338. The van der Waals surface area contributed by atoms with Crippen LogP contribution >= 0.6 is 11.3 Å². The first-order chi connectivity index (χ1) is 11.6. The lowest BCUT2D eigenvalue weighted by atomic mass is 10.1. The van der Waals surface area contributed by atoms with Crippen molar-refractivity contribution in [1.82, 2.24) is 4.98 Å². The van der Waals surface area contributed by atoms with Gasteiger partial charge >= 0.3 is 0 Å². The Bertz CT molecular complexity index is 858. The molecular weight excluding hydrogens is 320 g/mol. The second kappa shape index (κ2) is 7.27. The highest BCUT2D eigenvalue weighted by Crippen LogP contribution is 2.28. The zero-order valence-corrected chi connectivity index (χ0v) is 14.4. The van der Waals surface area contributed by atoms with Crippen LogP contribution in [-0.4, -0.2) is 17.5 Å². The molecule has 1 aromatic heterocycles. The van der Waals surface area contributed by atoms with Gasteiger partial charge in [-0.1, -0.05) is 30.3 Å². The van der Waals surface area contributed by atoms with E-state index in [1.165, 1.54) is 0 Å². The average Bonchev–Trinajstić information content (AvgIpc) is 3.00. The van der Waals surface area contributed by atoms with E-state index in [0.29, 0.717) is 5.75 Å². The zero-order chi connectivity index (χ0) is 16.9. The van der Waals surface area contributed by atoms with Crippen LogP contribution in [0.25, 0.3) is 11.3 Å². The average molecular weight is 338 g/mol. The number of ether oxygens (including phenoxy) is 1. The summed E-state index contributed by atoms with van der Waals surface area (Å²) in [5, 5.41) is 5.89. The van der Waals surface area contributed by atoms with Crippen molar-refractivity contribution in [3.05, 3.63) is 64.5 Å². The third-order valence-electron chi connectivity index (χ3n) is 3.46. The number of aryl methyl sites for hydroxylation is 2. The molecule has 1 heterocycles. The van der Waals surface area contributed by atoms with Gasteiger partial charge in [0.2, 0.25) is 0 Å². The van der Waals surface area contributed by atoms with Gasteiger partial charge < -0.3 is 10.1 Å². The summed E-state index contributed by atoms with van der Waals surface area (Å²) in [6.07, 6.45) is 0. The standard InChI is InChI=1S/C19H18N2O2S/c1-13-6-5-7-15(10-13)23-11-19(22)21-17-9-4-3-8-16(17)18-12-24-14(2)20-18/h3-10,12H,11H2,1-2H3,(H,21,22). The molecule has 0 fully saturated rings. The number of thiazole rings is 1. The number of aromatic nitrogens is 1. The first-order valence-corrected chi connectivity index (χ1v) is 8.50. The number of rotatable bonds is 5. The van der Waals surface area contributed by atoms with Crippen molar-refractivity contribution in [3.63, 3.8) is 0 Å². The Labute approximate surface area is 145 Å². The summed E-state index contributed by atoms with van der Waals surface area (Å²) in [6, 6.07) is 15.3. The van der Waals surface area contributed by atoms with Gasteiger partial charge in [0.05, 0.1) is 16.4 Å². The second-order valence-corrected chi connectivity index (χ2v) is 6.51. The number of hydrogen-bond donors (Lipinski definition) is 1. The van der Waals surface area contributed by atoms with Gasteiger partial charge in [0.1, 0.15) is 5.75 Å². The fourth-order valence-electron chi connectivity index (χ4n) is 2.34. The molecular formula is C19H18N2O2S. The third-order valence-corrected chi connectivity index (χ3v) is 4.23. The number of hydrogen-bond acceptors (Lipinski definition) is 4. The van der Waals surface area contributed by atoms with Crippen LogP contribution in [0.5, 0.6) is 5.75 Å². The van der Waals surface area contributed by atoms with Gasteiger partial charge in [0, 0.05) is 10.9 Å². The molecule has 0 atom stereocenters. The number of carbonyl (C=O) groups excluding carboxylic acids is 1. The Morgan fingerprint density at radius 2 is 2.00 bits per heavy atom. The van der Waals surface area contributed by atoms with Crippen molar-refractivity contribution < 1.29 is 9.53 Å². The van der Waals surface area contributed by atoms with Gasteiger partial charge in [-0.05, 0) is 37.6 Å². The highest BCUT2D eigenvalue weighted by molar-refractivity contribution is 7.09. The predicted molar refractivity (Wildman–Crippen MR) is 97.6 cm³/mol. The van der Waals surface area contributed by atoms with Crippen LogP contribution < -0.4 is 10.1 Å². The molecule has 0 saturated heterocycles. The Kier molecular flexibility index (Phi) is 4.91. The van der Waals surface area contributed by atoms with Crippen LogP contribution in [0.1, 0.15) is 10.6 Å². The zero-order valence-electron chi connectivity index (χ0n) is 13.6. The molecule has 0 aliphatic rings. The normalized spacial score (nSPS) is 10.4. The summed E-state index contributed by atoms with van der Waals surface area (Å²) < 4.78 is 5.54. The molecule has 3 rings (SSSR count). The Morgan fingerprint density at radius 3 is 2.75 bits per heavy atom. The van der Waals surface area contributed by atoms with Gasteiger partial charge in [0.15, 0.2) is 6.61 Å². The Balaban J connectivity index is 1.68. The number of anilines is 1. The molecule has 0 bridgehead atoms. The van der Waals surface area contributed by atoms with Crippen molar-refractivity contribution in [2.75, 3.05) is 11.9 Å². The molecule has 122 valence electrons. The van der Waals surface area contributed by atoms with Crippen LogP contribution in [0.2, 0.25) is 0 Å². The van der Waals surface area contributed by atoms with E-state index < -0.39 is 0 Å². The number of carbonyl (C=O) groups is 1. The molecule has 1 N–H and O–H groups in total. The molecule has 0 radical (unpaired) electrons. The minimum Gasteiger partial charge on any atom is -0.484 e. The molecule has 0 aliphatic carbocycles. The van der Waals surface area contributed by atoms with Gasteiger partial charge in [-0.2, -0.15) is 0 Å². The van der Waals surface area contributed by atoms with Crippen LogP contribution in [0.15, 0.2) is 53.9 Å². The number of para-hydroxylation sites is 1. The van der Waals surface area contributed by atoms with Crippen LogP contribution in [-0.2, 0) is 4.79 Å². The first kappa shape index (κ1) is 16.2. The van der Waals surface area contributed by atoms with Crippen molar-refractivity contribution in [3.8, 4) is 17.0 Å². The molecule has 0 unspecified atom stereocenters. The fourth-order valence-corrected chi connectivity index (χ4v) is 2.96. The van der Waals surface area contributed by atoms with Crippen molar-refractivity contribution in [2.24, 2.45) is 0 Å². The predicted octanol–water partition coefficient (Wildman–Crippen LogP) is 4.44. The van der Waals surface area contributed by atoms with Crippen LogP contribution in [0.3, 0.4) is 0 Å². The summed E-state index contributed by atoms with van der Waals surface area (Å²) in [5.41, 5.74) is 3.61. The Hall–Kier alpha value is -2.66. The molecule has 24 heavy (non-hydrogen) atoms. The quantitative estimate of drug-likeness (QED) is 0.748. The maximum atomic E-state index is 12.2. The molecule has 1 amide bonds. The van der Waals surface area contributed by atoms with Gasteiger partial charge in [-0.3, -0.25) is 4.79 Å². The second-order valence-electron chi connectivity index (χ2n) is 5.45. The maximum Gasteiger partial charge on any atom is 0.262 e. The number of nitrogens with zero attached hydrogens (tertiary/aromatic N) is 1. The molecule has 2 aromatic carbocycles. The minimum atomic E-state index is -0.198. The van der Waals surface area contributed by atoms with E-state index >= 15 is 0 Å². The van der Waals surface area contributed by atoms with Crippen molar-refractivity contribution >= 4 is 22.9 Å². The third kappa shape index (κ3) is 4.00. The van der Waals surface area contributed by atoms with Gasteiger partial charge in [-0.15, -0.1) is 11.3 Å². The number of nitrogens with one attached hydrogen (secondary N) is 1. The summed E-state index contributed by atoms with van der Waals surface area (Å²) >= 11 is 1.59. The molecule has 5 heteroatoms. The van der Waals surface area contributed by atoms with E-state index in [1.807, 2.05) is 67.8 Å². The van der Waals surface area contributed by atoms with E-state index in [9.17, 15) is 4.79 Å². The van der Waals surface area contributed by atoms with E-state index in [4.69, 9.17) is 4.74 Å². The fraction of sp³-hybridized carbons (Fsp3) is 0.158. The lowest BCUT2D eigenvalue weighted by Crippen LogP contribution is -2.20. The highest BCUT2D eigenvalue weighted by Gasteiger charge is 2.11. The first-order valence-electron chi connectivity index (χ1n) is 7.62. The largest absolute Gasteiger partial charge is 0.484 e.